The number of anilines is 1. The Balaban J connectivity index is 2.15. The summed E-state index contributed by atoms with van der Waals surface area (Å²) >= 11 is 0. The van der Waals surface area contributed by atoms with E-state index < -0.39 is 11.5 Å². The lowest BCUT2D eigenvalue weighted by Crippen LogP contribution is -2.12. The maximum atomic E-state index is 12.0. The van der Waals surface area contributed by atoms with Gasteiger partial charge in [-0.1, -0.05) is 24.3 Å². The van der Waals surface area contributed by atoms with Crippen LogP contribution < -0.4 is 16.3 Å². The minimum atomic E-state index is -0.527. The lowest BCUT2D eigenvalue weighted by atomic mass is 9.98. The van der Waals surface area contributed by atoms with Gasteiger partial charge in [0, 0.05) is 48.1 Å². The van der Waals surface area contributed by atoms with E-state index in [4.69, 9.17) is 10.2 Å². The molecule has 2 N–H and O–H groups in total. The Bertz CT molecular complexity index is 1030. The zero-order chi connectivity index (χ0) is 18.0. The summed E-state index contributed by atoms with van der Waals surface area (Å²) < 4.78 is 5.38. The molecule has 1 amide bonds. The number of hydrogen-bond donors (Lipinski definition) is 1. The summed E-state index contributed by atoms with van der Waals surface area (Å²) in [7, 11) is 1.78. The molecule has 0 spiro atoms. The molecular weight excluding hydrogens is 316 g/mol. The average Bonchev–Trinajstić information content (AvgIpc) is 2.58. The number of carbonyl (C=O) groups excluding carboxylic acids is 1. The van der Waals surface area contributed by atoms with Gasteiger partial charge < -0.3 is 15.1 Å². The van der Waals surface area contributed by atoms with Gasteiger partial charge in [-0.05, 0) is 30.2 Å². The molecule has 0 atom stereocenters. The molecule has 2 aromatic carbocycles. The average molecular weight is 334 g/mol. The van der Waals surface area contributed by atoms with E-state index in [2.05, 4.69) is 0 Å². The van der Waals surface area contributed by atoms with Crippen LogP contribution in [0.3, 0.4) is 0 Å². The minimum absolute atomic E-state index is 0.404. The standard InChI is InChI=1S/C20H18N2O3/c1-13-5-3-4-6-15(13)17-12-20(24)25-18-11-14(7-8-16(17)18)22(2)10-9-19(21)23/h3-12H,1-2H3,(H2,21,23). The Morgan fingerprint density at radius 1 is 1.12 bits per heavy atom. The fourth-order valence-electron chi connectivity index (χ4n) is 2.74. The van der Waals surface area contributed by atoms with Gasteiger partial charge >= 0.3 is 5.63 Å². The van der Waals surface area contributed by atoms with Crippen molar-refractivity contribution in [3.63, 3.8) is 0 Å². The minimum Gasteiger partial charge on any atom is -0.423 e. The molecule has 0 bridgehead atoms. The van der Waals surface area contributed by atoms with Gasteiger partial charge in [-0.3, -0.25) is 4.79 Å². The third-order valence-electron chi connectivity index (χ3n) is 4.03. The quantitative estimate of drug-likeness (QED) is 0.587. The third kappa shape index (κ3) is 3.45. The van der Waals surface area contributed by atoms with Gasteiger partial charge in [0.05, 0.1) is 0 Å². The molecule has 0 unspecified atom stereocenters. The zero-order valence-corrected chi connectivity index (χ0v) is 14.0. The maximum Gasteiger partial charge on any atom is 0.336 e. The van der Waals surface area contributed by atoms with E-state index in [0.717, 1.165) is 27.8 Å². The number of nitrogens with two attached hydrogens (primary N) is 1. The summed E-state index contributed by atoms with van der Waals surface area (Å²) in [5.41, 5.74) is 8.89. The molecule has 5 heteroatoms. The Kier molecular flexibility index (Phi) is 4.39. The fraction of sp³-hybridized carbons (Fsp3) is 0.100. The molecule has 1 heterocycles. The third-order valence-corrected chi connectivity index (χ3v) is 4.03. The lowest BCUT2D eigenvalue weighted by Gasteiger charge is -2.15. The van der Waals surface area contributed by atoms with E-state index >= 15 is 0 Å². The molecule has 0 fully saturated rings. The van der Waals surface area contributed by atoms with Crippen LogP contribution in [0.2, 0.25) is 0 Å². The largest absolute Gasteiger partial charge is 0.423 e. The number of carbonyl (C=O) groups is 1. The topological polar surface area (TPSA) is 76.5 Å². The molecule has 1 aromatic heterocycles. The molecule has 25 heavy (non-hydrogen) atoms. The van der Waals surface area contributed by atoms with Crippen molar-refractivity contribution in [3.8, 4) is 11.1 Å². The van der Waals surface area contributed by atoms with Crippen LogP contribution in [0.4, 0.5) is 5.69 Å². The number of amides is 1. The number of nitrogens with zero attached hydrogens (tertiary/aromatic N) is 1. The van der Waals surface area contributed by atoms with Crippen LogP contribution in [-0.2, 0) is 4.79 Å². The Labute approximate surface area is 145 Å². The van der Waals surface area contributed by atoms with Crippen LogP contribution in [0, 0.1) is 6.92 Å². The molecule has 3 rings (SSSR count). The van der Waals surface area contributed by atoms with Gasteiger partial charge in [0.1, 0.15) is 5.58 Å². The van der Waals surface area contributed by atoms with Gasteiger partial charge in [-0.2, -0.15) is 0 Å². The van der Waals surface area contributed by atoms with E-state index in [9.17, 15) is 9.59 Å². The number of rotatable bonds is 4. The summed E-state index contributed by atoms with van der Waals surface area (Å²) in [6, 6.07) is 15.0. The molecule has 3 aromatic rings. The summed E-state index contributed by atoms with van der Waals surface area (Å²) in [5.74, 6) is -0.527. The summed E-state index contributed by atoms with van der Waals surface area (Å²) in [5, 5.41) is 0.852. The molecule has 0 saturated carbocycles. The van der Waals surface area contributed by atoms with Gasteiger partial charge in [-0.25, -0.2) is 4.79 Å². The molecular formula is C20H18N2O3. The molecule has 0 saturated heterocycles. The number of benzene rings is 2. The molecule has 0 radical (unpaired) electrons. The van der Waals surface area contributed by atoms with Gasteiger partial charge in [0.2, 0.25) is 5.91 Å². The van der Waals surface area contributed by atoms with E-state index in [1.807, 2.05) is 43.3 Å². The van der Waals surface area contributed by atoms with Gasteiger partial charge in [-0.15, -0.1) is 0 Å². The predicted octanol–water partition coefficient (Wildman–Crippen LogP) is 3.20. The first-order valence-electron chi connectivity index (χ1n) is 7.80. The first-order valence-corrected chi connectivity index (χ1v) is 7.80. The zero-order valence-electron chi connectivity index (χ0n) is 14.0. The van der Waals surface area contributed by atoms with E-state index in [-0.39, 0.29) is 0 Å². The first kappa shape index (κ1) is 16.5. The second kappa shape index (κ2) is 6.65. The lowest BCUT2D eigenvalue weighted by molar-refractivity contribution is -0.113. The van der Waals surface area contributed by atoms with Crippen molar-refractivity contribution >= 4 is 22.6 Å². The summed E-state index contributed by atoms with van der Waals surface area (Å²) in [6.07, 6.45) is 2.83. The number of hydrogen-bond acceptors (Lipinski definition) is 4. The molecule has 0 aliphatic heterocycles. The number of fused-ring (bicyclic) bond motifs is 1. The first-order chi connectivity index (χ1) is 12.0. The van der Waals surface area contributed by atoms with Crippen LogP contribution in [0.25, 0.3) is 22.1 Å². The maximum absolute atomic E-state index is 12.0. The fourth-order valence-corrected chi connectivity index (χ4v) is 2.74. The predicted molar refractivity (Wildman–Crippen MR) is 99.4 cm³/mol. The highest BCUT2D eigenvalue weighted by molar-refractivity contribution is 5.95. The van der Waals surface area contributed by atoms with Crippen molar-refractivity contribution in [3.05, 3.63) is 76.8 Å². The van der Waals surface area contributed by atoms with E-state index in [1.165, 1.54) is 12.1 Å². The smallest absolute Gasteiger partial charge is 0.336 e. The second-order valence-electron chi connectivity index (χ2n) is 5.80. The monoisotopic (exact) mass is 334 g/mol. The Morgan fingerprint density at radius 2 is 1.88 bits per heavy atom. The van der Waals surface area contributed by atoms with Crippen molar-refractivity contribution in [1.29, 1.82) is 0 Å². The van der Waals surface area contributed by atoms with Crippen molar-refractivity contribution in [2.75, 3.05) is 11.9 Å². The van der Waals surface area contributed by atoms with Crippen LogP contribution in [-0.4, -0.2) is 13.0 Å². The van der Waals surface area contributed by atoms with E-state index in [1.54, 1.807) is 24.2 Å². The highest BCUT2D eigenvalue weighted by Gasteiger charge is 2.11. The summed E-state index contributed by atoms with van der Waals surface area (Å²) in [4.78, 5) is 24.6. The second-order valence-corrected chi connectivity index (χ2v) is 5.80. The molecule has 0 aliphatic carbocycles. The van der Waals surface area contributed by atoms with Crippen molar-refractivity contribution in [1.82, 2.24) is 0 Å². The van der Waals surface area contributed by atoms with Crippen LogP contribution in [0.5, 0.6) is 0 Å². The Morgan fingerprint density at radius 3 is 2.60 bits per heavy atom. The Hall–Kier alpha value is -3.34. The summed E-state index contributed by atoms with van der Waals surface area (Å²) in [6.45, 7) is 2.01. The van der Waals surface area contributed by atoms with Crippen LogP contribution in [0.15, 0.2) is 70.0 Å². The highest BCUT2D eigenvalue weighted by atomic mass is 16.4. The van der Waals surface area contributed by atoms with E-state index in [0.29, 0.717) is 5.58 Å². The SMILES string of the molecule is Cc1ccccc1-c1cc(=O)oc2cc(N(C)C=CC(N)=O)ccc12. The number of aryl methyl sites for hydroxylation is 1. The molecule has 0 aliphatic rings. The number of primary amides is 1. The van der Waals surface area contributed by atoms with Crippen molar-refractivity contribution in [2.24, 2.45) is 5.73 Å². The normalized spacial score (nSPS) is 11.1. The van der Waals surface area contributed by atoms with Crippen LogP contribution >= 0.6 is 0 Å². The highest BCUT2D eigenvalue weighted by Crippen LogP contribution is 2.31. The van der Waals surface area contributed by atoms with Gasteiger partial charge in [0.25, 0.3) is 0 Å². The molecule has 5 nitrogen and oxygen atoms in total. The van der Waals surface area contributed by atoms with Gasteiger partial charge in [0.15, 0.2) is 0 Å². The van der Waals surface area contributed by atoms with Crippen LogP contribution in [0.1, 0.15) is 5.56 Å². The van der Waals surface area contributed by atoms with Crippen molar-refractivity contribution < 1.29 is 9.21 Å². The molecule has 126 valence electrons. The van der Waals surface area contributed by atoms with Crippen molar-refractivity contribution in [2.45, 2.75) is 6.92 Å².